The first-order chi connectivity index (χ1) is 24.7. The molecule has 0 radical (unpaired) electrons. The van der Waals surface area contributed by atoms with Gasteiger partial charge in [0.25, 0.3) is 0 Å². The third-order valence-electron chi connectivity index (χ3n) is 9.47. The Morgan fingerprint density at radius 1 is 0.480 bits per heavy atom. The average Bonchev–Trinajstić information content (AvgIpc) is 3.20. The van der Waals surface area contributed by atoms with E-state index in [-0.39, 0.29) is 0 Å². The Hall–Kier alpha value is -6.90. The lowest BCUT2D eigenvalue weighted by atomic mass is 9.62. The maximum absolute atomic E-state index is 9.46. The summed E-state index contributed by atoms with van der Waals surface area (Å²) in [6, 6.07) is 59.7. The van der Waals surface area contributed by atoms with Crippen molar-refractivity contribution in [3.05, 3.63) is 198 Å². The predicted molar refractivity (Wildman–Crippen MR) is 197 cm³/mol. The molecule has 5 heteroatoms. The second-order valence-corrected chi connectivity index (χ2v) is 12.3. The van der Waals surface area contributed by atoms with E-state index in [9.17, 15) is 5.26 Å². The summed E-state index contributed by atoms with van der Waals surface area (Å²) in [6.45, 7) is 0. The van der Waals surface area contributed by atoms with E-state index in [1.807, 2.05) is 54.6 Å². The van der Waals surface area contributed by atoms with Gasteiger partial charge < -0.3 is 4.74 Å². The van der Waals surface area contributed by atoms with Crippen LogP contribution in [-0.2, 0) is 5.41 Å². The molecule has 9 rings (SSSR count). The molecule has 0 bridgehead atoms. The third-order valence-corrected chi connectivity index (χ3v) is 9.47. The summed E-state index contributed by atoms with van der Waals surface area (Å²) in [5, 5.41) is 11.7. The molecule has 1 aliphatic heterocycles. The van der Waals surface area contributed by atoms with Gasteiger partial charge in [0, 0.05) is 27.8 Å². The van der Waals surface area contributed by atoms with Crippen LogP contribution in [0.2, 0.25) is 0 Å². The Bertz CT molecular complexity index is 2520. The van der Waals surface area contributed by atoms with Gasteiger partial charge in [-0.2, -0.15) is 5.26 Å². The SMILES string of the molecule is N#Cc1ccc(-c2nc(-c3ccccc3)nc(-c3cccc4c3C(c3ccccc3)(c3ccccc3)c3cc5ccccc5cc3O4)n2)cc1. The average molecular weight is 641 g/mol. The standard InChI is InChI=1S/C45H28N4O/c46-29-30-23-25-32(26-24-30)43-47-42(31-13-4-1-5-14-31)48-44(49-43)37-21-12-22-39-41(37)45(35-17-6-2-7-18-35,36-19-8-3-9-20-36)38-27-33-15-10-11-16-34(33)28-40(38)50-39/h1-28H. The molecule has 0 unspecified atom stereocenters. The van der Waals surface area contributed by atoms with E-state index < -0.39 is 5.41 Å². The van der Waals surface area contributed by atoms with E-state index in [0.717, 1.165) is 61.2 Å². The molecular weight excluding hydrogens is 613 g/mol. The first kappa shape index (κ1) is 29.3. The predicted octanol–water partition coefficient (Wildman–Crippen LogP) is 10.4. The third kappa shape index (κ3) is 4.74. The van der Waals surface area contributed by atoms with Crippen LogP contribution in [0.1, 0.15) is 27.8 Å². The number of hydrogen-bond donors (Lipinski definition) is 0. The first-order valence-corrected chi connectivity index (χ1v) is 16.5. The number of rotatable bonds is 5. The summed E-state index contributed by atoms with van der Waals surface area (Å²) in [7, 11) is 0. The van der Waals surface area contributed by atoms with Gasteiger partial charge in [0.1, 0.15) is 11.5 Å². The van der Waals surface area contributed by atoms with E-state index >= 15 is 0 Å². The number of fused-ring (bicyclic) bond motifs is 3. The van der Waals surface area contributed by atoms with Gasteiger partial charge in [-0.3, -0.25) is 0 Å². The van der Waals surface area contributed by atoms with E-state index in [4.69, 9.17) is 19.7 Å². The number of hydrogen-bond acceptors (Lipinski definition) is 5. The highest BCUT2D eigenvalue weighted by Gasteiger charge is 2.47. The molecule has 5 nitrogen and oxygen atoms in total. The number of ether oxygens (including phenoxy) is 1. The van der Waals surface area contributed by atoms with Crippen molar-refractivity contribution in [3.63, 3.8) is 0 Å². The topological polar surface area (TPSA) is 71.7 Å². The van der Waals surface area contributed by atoms with Gasteiger partial charge in [-0.1, -0.05) is 127 Å². The summed E-state index contributed by atoms with van der Waals surface area (Å²) in [5.41, 5.74) is 6.48. The minimum absolute atomic E-state index is 0.518. The number of nitrogens with zero attached hydrogens (tertiary/aromatic N) is 4. The van der Waals surface area contributed by atoms with Crippen LogP contribution in [0, 0.1) is 11.3 Å². The Kier molecular flexibility index (Phi) is 7.00. The molecule has 0 saturated heterocycles. The number of benzene rings is 7. The van der Waals surface area contributed by atoms with Crippen molar-refractivity contribution in [2.75, 3.05) is 0 Å². The van der Waals surface area contributed by atoms with Crippen molar-refractivity contribution < 1.29 is 4.74 Å². The molecule has 0 amide bonds. The Labute approximate surface area is 289 Å². The second kappa shape index (κ2) is 12.0. The summed E-state index contributed by atoms with van der Waals surface area (Å²) in [4.78, 5) is 15.3. The van der Waals surface area contributed by atoms with Crippen LogP contribution in [0.25, 0.3) is 44.9 Å². The van der Waals surface area contributed by atoms with Gasteiger partial charge in [-0.15, -0.1) is 0 Å². The van der Waals surface area contributed by atoms with Gasteiger partial charge in [-0.05, 0) is 64.4 Å². The minimum Gasteiger partial charge on any atom is -0.457 e. The van der Waals surface area contributed by atoms with Crippen molar-refractivity contribution in [3.8, 4) is 51.7 Å². The number of aromatic nitrogens is 3. The lowest BCUT2D eigenvalue weighted by Crippen LogP contribution is -2.35. The molecule has 0 spiro atoms. The molecular formula is C45H28N4O. The normalized spacial score (nSPS) is 12.7. The zero-order valence-corrected chi connectivity index (χ0v) is 26.9. The molecule has 1 aliphatic rings. The van der Waals surface area contributed by atoms with Crippen LogP contribution >= 0.6 is 0 Å². The smallest absolute Gasteiger partial charge is 0.164 e. The molecule has 234 valence electrons. The van der Waals surface area contributed by atoms with Crippen molar-refractivity contribution in [2.24, 2.45) is 0 Å². The molecule has 50 heavy (non-hydrogen) atoms. The van der Waals surface area contributed by atoms with Crippen molar-refractivity contribution in [1.82, 2.24) is 15.0 Å². The summed E-state index contributed by atoms with van der Waals surface area (Å²) >= 11 is 0. The van der Waals surface area contributed by atoms with Crippen molar-refractivity contribution in [1.29, 1.82) is 5.26 Å². The molecule has 7 aromatic carbocycles. The largest absolute Gasteiger partial charge is 0.457 e. The van der Waals surface area contributed by atoms with Crippen LogP contribution in [-0.4, -0.2) is 15.0 Å². The summed E-state index contributed by atoms with van der Waals surface area (Å²) in [6.07, 6.45) is 0. The van der Waals surface area contributed by atoms with Crippen LogP contribution in [0.4, 0.5) is 0 Å². The van der Waals surface area contributed by atoms with Gasteiger partial charge >= 0.3 is 0 Å². The molecule has 0 N–H and O–H groups in total. The molecule has 2 heterocycles. The summed E-state index contributed by atoms with van der Waals surface area (Å²) < 4.78 is 6.90. The monoisotopic (exact) mass is 640 g/mol. The molecule has 0 aliphatic carbocycles. The fraction of sp³-hybridized carbons (Fsp3) is 0.0222. The Morgan fingerprint density at radius 2 is 1.02 bits per heavy atom. The maximum atomic E-state index is 9.46. The van der Waals surface area contributed by atoms with Crippen LogP contribution in [0.15, 0.2) is 170 Å². The lowest BCUT2D eigenvalue weighted by Gasteiger charge is -2.42. The van der Waals surface area contributed by atoms with Crippen molar-refractivity contribution in [2.45, 2.75) is 5.41 Å². The summed E-state index contributed by atoms with van der Waals surface area (Å²) in [5.74, 6) is 3.14. The molecule has 8 aromatic rings. The van der Waals surface area contributed by atoms with Gasteiger partial charge in [0.05, 0.1) is 17.0 Å². The molecule has 1 aromatic heterocycles. The highest BCUT2D eigenvalue weighted by molar-refractivity contribution is 5.89. The maximum Gasteiger partial charge on any atom is 0.164 e. The fourth-order valence-electron chi connectivity index (χ4n) is 7.22. The fourth-order valence-corrected chi connectivity index (χ4v) is 7.22. The zero-order chi connectivity index (χ0) is 33.5. The molecule has 0 atom stereocenters. The second-order valence-electron chi connectivity index (χ2n) is 12.3. The van der Waals surface area contributed by atoms with E-state index in [2.05, 4.69) is 109 Å². The molecule has 0 fully saturated rings. The first-order valence-electron chi connectivity index (χ1n) is 16.5. The van der Waals surface area contributed by atoms with E-state index in [1.54, 1.807) is 12.1 Å². The van der Waals surface area contributed by atoms with Crippen LogP contribution < -0.4 is 4.74 Å². The van der Waals surface area contributed by atoms with Gasteiger partial charge in [0.15, 0.2) is 17.5 Å². The lowest BCUT2D eigenvalue weighted by molar-refractivity contribution is 0.436. The van der Waals surface area contributed by atoms with E-state index in [1.165, 1.54) is 0 Å². The van der Waals surface area contributed by atoms with Crippen molar-refractivity contribution >= 4 is 10.8 Å². The minimum atomic E-state index is -0.791. The Morgan fingerprint density at radius 3 is 1.64 bits per heavy atom. The Balaban J connectivity index is 1.39. The zero-order valence-electron chi connectivity index (χ0n) is 26.9. The number of nitriles is 1. The highest BCUT2D eigenvalue weighted by atomic mass is 16.5. The van der Waals surface area contributed by atoms with E-state index in [0.29, 0.717) is 23.0 Å². The van der Waals surface area contributed by atoms with Gasteiger partial charge in [0.2, 0.25) is 0 Å². The van der Waals surface area contributed by atoms with Crippen LogP contribution in [0.5, 0.6) is 11.5 Å². The van der Waals surface area contributed by atoms with Crippen LogP contribution in [0.3, 0.4) is 0 Å². The quantitative estimate of drug-likeness (QED) is 0.187. The van der Waals surface area contributed by atoms with Gasteiger partial charge in [-0.25, -0.2) is 15.0 Å². The highest BCUT2D eigenvalue weighted by Crippen LogP contribution is 2.58. The molecule has 0 saturated carbocycles.